The van der Waals surface area contributed by atoms with Crippen LogP contribution in [0.5, 0.6) is 0 Å². The second kappa shape index (κ2) is 7.08. The van der Waals surface area contributed by atoms with Crippen LogP contribution in [0.4, 0.5) is 10.5 Å². The normalized spacial score (nSPS) is 12.5. The summed E-state index contributed by atoms with van der Waals surface area (Å²) in [5.41, 5.74) is 1.27. The van der Waals surface area contributed by atoms with Gasteiger partial charge < -0.3 is 15.4 Å². The number of carbonyl (C=O) groups excluding carboxylic acids is 1. The van der Waals surface area contributed by atoms with Gasteiger partial charge in [0.2, 0.25) is 5.82 Å². The van der Waals surface area contributed by atoms with E-state index in [0.717, 1.165) is 11.3 Å². The van der Waals surface area contributed by atoms with Crippen LogP contribution in [0.2, 0.25) is 0 Å². The molecule has 0 bridgehead atoms. The average Bonchev–Trinajstić information content (AvgIpc) is 2.98. The lowest BCUT2D eigenvalue weighted by Gasteiger charge is -2.21. The average molecular weight is 318 g/mol. The van der Waals surface area contributed by atoms with Gasteiger partial charge in [-0.2, -0.15) is 5.21 Å². The van der Waals surface area contributed by atoms with Crippen LogP contribution < -0.4 is 10.6 Å². The zero-order valence-electron chi connectivity index (χ0n) is 13.8. The van der Waals surface area contributed by atoms with Gasteiger partial charge in [0.15, 0.2) is 0 Å². The monoisotopic (exact) mass is 318 g/mol. The minimum atomic E-state index is -0.500. The van der Waals surface area contributed by atoms with Gasteiger partial charge in [-0.3, -0.25) is 0 Å². The van der Waals surface area contributed by atoms with Crippen molar-refractivity contribution in [3.05, 3.63) is 24.3 Å². The van der Waals surface area contributed by atoms with Gasteiger partial charge in [0.05, 0.1) is 0 Å². The highest BCUT2D eigenvalue weighted by Gasteiger charge is 2.16. The summed E-state index contributed by atoms with van der Waals surface area (Å²) in [6.07, 6.45) is -0.424. The minimum absolute atomic E-state index is 0.0306. The first-order chi connectivity index (χ1) is 10.8. The van der Waals surface area contributed by atoms with E-state index >= 15 is 0 Å². The number of amides is 1. The fraction of sp³-hybridized carbons (Fsp3) is 0.467. The van der Waals surface area contributed by atoms with Crippen molar-refractivity contribution in [3.63, 3.8) is 0 Å². The molecule has 0 saturated heterocycles. The SMILES string of the molecule is CC(CNC(=O)OC(C)(C)C)Nc1cccc(-c2nn[nH]n2)c1. The molecule has 8 nitrogen and oxygen atoms in total. The molecule has 0 saturated carbocycles. The predicted octanol–water partition coefficient (Wildman–Crippen LogP) is 2.19. The Morgan fingerprint density at radius 2 is 2.17 bits per heavy atom. The lowest BCUT2D eigenvalue weighted by Crippen LogP contribution is -2.38. The molecule has 1 amide bonds. The zero-order chi connectivity index (χ0) is 16.9. The number of nitrogens with one attached hydrogen (secondary N) is 3. The van der Waals surface area contributed by atoms with Crippen molar-refractivity contribution in [3.8, 4) is 11.4 Å². The quantitative estimate of drug-likeness (QED) is 0.780. The number of rotatable bonds is 5. The van der Waals surface area contributed by atoms with Gasteiger partial charge in [-0.25, -0.2) is 4.79 Å². The van der Waals surface area contributed by atoms with Crippen LogP contribution in [-0.2, 0) is 4.74 Å². The summed E-state index contributed by atoms with van der Waals surface area (Å²) in [6.45, 7) is 7.91. The van der Waals surface area contributed by atoms with Crippen molar-refractivity contribution in [2.24, 2.45) is 0 Å². The molecule has 1 unspecified atom stereocenters. The molecule has 1 heterocycles. The van der Waals surface area contributed by atoms with Gasteiger partial charge in [0, 0.05) is 23.8 Å². The second-order valence-electron chi connectivity index (χ2n) is 6.24. The minimum Gasteiger partial charge on any atom is -0.444 e. The summed E-state index contributed by atoms with van der Waals surface area (Å²) < 4.78 is 5.20. The van der Waals surface area contributed by atoms with Crippen LogP contribution in [0.15, 0.2) is 24.3 Å². The Balaban J connectivity index is 1.87. The molecule has 1 atom stereocenters. The first-order valence-electron chi connectivity index (χ1n) is 7.41. The van der Waals surface area contributed by atoms with Gasteiger partial charge >= 0.3 is 6.09 Å². The summed E-state index contributed by atoms with van der Waals surface area (Å²) in [4.78, 5) is 11.6. The number of carbonyl (C=O) groups is 1. The number of H-pyrrole nitrogens is 1. The number of tetrazole rings is 1. The van der Waals surface area contributed by atoms with E-state index in [9.17, 15) is 4.79 Å². The maximum Gasteiger partial charge on any atom is 0.407 e. The van der Waals surface area contributed by atoms with E-state index in [1.165, 1.54) is 0 Å². The number of hydrogen-bond donors (Lipinski definition) is 3. The molecule has 2 aromatic rings. The second-order valence-corrected chi connectivity index (χ2v) is 6.24. The largest absolute Gasteiger partial charge is 0.444 e. The Hall–Kier alpha value is -2.64. The Bertz CT molecular complexity index is 636. The molecule has 23 heavy (non-hydrogen) atoms. The van der Waals surface area contributed by atoms with Crippen molar-refractivity contribution in [2.45, 2.75) is 39.3 Å². The van der Waals surface area contributed by atoms with Crippen molar-refractivity contribution < 1.29 is 9.53 Å². The Kier molecular flexibility index (Phi) is 5.15. The first kappa shape index (κ1) is 16.7. The van der Waals surface area contributed by atoms with E-state index in [4.69, 9.17) is 4.74 Å². The molecule has 124 valence electrons. The first-order valence-corrected chi connectivity index (χ1v) is 7.41. The van der Waals surface area contributed by atoms with Gasteiger partial charge in [-0.15, -0.1) is 10.2 Å². The van der Waals surface area contributed by atoms with Crippen LogP contribution in [0.1, 0.15) is 27.7 Å². The Morgan fingerprint density at radius 3 is 2.83 bits per heavy atom. The van der Waals surface area contributed by atoms with E-state index in [1.54, 1.807) is 0 Å². The molecule has 0 radical (unpaired) electrons. The Labute approximate surface area is 135 Å². The fourth-order valence-corrected chi connectivity index (χ4v) is 1.92. The molecule has 0 aliphatic carbocycles. The van der Waals surface area contributed by atoms with Crippen molar-refractivity contribution in [1.82, 2.24) is 25.9 Å². The van der Waals surface area contributed by atoms with Crippen molar-refractivity contribution in [2.75, 3.05) is 11.9 Å². The van der Waals surface area contributed by atoms with E-state index < -0.39 is 11.7 Å². The van der Waals surface area contributed by atoms with Crippen LogP contribution in [0.25, 0.3) is 11.4 Å². The predicted molar refractivity (Wildman–Crippen MR) is 86.9 cm³/mol. The third kappa shape index (κ3) is 5.57. The third-order valence-electron chi connectivity index (χ3n) is 2.83. The summed E-state index contributed by atoms with van der Waals surface area (Å²) in [5.74, 6) is 0.535. The number of nitrogens with zero attached hydrogens (tertiary/aromatic N) is 3. The third-order valence-corrected chi connectivity index (χ3v) is 2.83. The summed E-state index contributed by atoms with van der Waals surface area (Å²) in [7, 11) is 0. The smallest absolute Gasteiger partial charge is 0.407 e. The van der Waals surface area contributed by atoms with E-state index in [-0.39, 0.29) is 6.04 Å². The molecule has 1 aromatic carbocycles. The number of aromatic amines is 1. The summed E-state index contributed by atoms with van der Waals surface area (Å²) in [5, 5.41) is 19.9. The molecular weight excluding hydrogens is 296 g/mol. The van der Waals surface area contributed by atoms with Crippen molar-refractivity contribution in [1.29, 1.82) is 0 Å². The zero-order valence-corrected chi connectivity index (χ0v) is 13.8. The maximum atomic E-state index is 11.6. The van der Waals surface area contributed by atoms with Crippen LogP contribution in [0.3, 0.4) is 0 Å². The summed E-state index contributed by atoms with van der Waals surface area (Å²) >= 11 is 0. The number of aromatic nitrogens is 4. The lowest BCUT2D eigenvalue weighted by molar-refractivity contribution is 0.0526. The number of anilines is 1. The molecule has 0 aliphatic rings. The summed E-state index contributed by atoms with van der Waals surface area (Å²) in [6, 6.07) is 7.70. The molecule has 8 heteroatoms. The molecule has 1 aromatic heterocycles. The van der Waals surface area contributed by atoms with Gasteiger partial charge in [-0.05, 0) is 45.0 Å². The fourth-order valence-electron chi connectivity index (χ4n) is 1.92. The van der Waals surface area contributed by atoms with Crippen LogP contribution >= 0.6 is 0 Å². The highest BCUT2D eigenvalue weighted by Crippen LogP contribution is 2.18. The van der Waals surface area contributed by atoms with Crippen LogP contribution in [-0.4, -0.2) is 44.9 Å². The number of benzene rings is 1. The van der Waals surface area contributed by atoms with Crippen molar-refractivity contribution >= 4 is 11.8 Å². The Morgan fingerprint density at radius 1 is 1.39 bits per heavy atom. The molecular formula is C15H22N6O2. The number of hydrogen-bond acceptors (Lipinski definition) is 6. The van der Waals surface area contributed by atoms with E-state index in [0.29, 0.717) is 12.4 Å². The lowest BCUT2D eigenvalue weighted by atomic mass is 10.2. The molecule has 3 N–H and O–H groups in total. The number of ether oxygens (including phenoxy) is 1. The topological polar surface area (TPSA) is 105 Å². The van der Waals surface area contributed by atoms with Gasteiger partial charge in [0.1, 0.15) is 5.60 Å². The number of alkyl carbamates (subject to hydrolysis) is 1. The van der Waals surface area contributed by atoms with Gasteiger partial charge in [0.25, 0.3) is 0 Å². The highest BCUT2D eigenvalue weighted by molar-refractivity contribution is 5.68. The molecule has 0 aliphatic heterocycles. The van der Waals surface area contributed by atoms with Crippen LogP contribution in [0, 0.1) is 0 Å². The standard InChI is InChI=1S/C15H22N6O2/c1-10(9-16-14(22)23-15(2,3)4)17-12-7-5-6-11(8-12)13-18-20-21-19-13/h5-8,10,17H,9H2,1-4H3,(H,16,22)(H,18,19,20,21). The van der Waals surface area contributed by atoms with E-state index in [2.05, 4.69) is 31.3 Å². The highest BCUT2D eigenvalue weighted by atomic mass is 16.6. The molecule has 2 rings (SSSR count). The molecule has 0 fully saturated rings. The molecule has 0 spiro atoms. The maximum absolute atomic E-state index is 11.6. The van der Waals surface area contributed by atoms with E-state index in [1.807, 2.05) is 52.0 Å². The van der Waals surface area contributed by atoms with Gasteiger partial charge in [-0.1, -0.05) is 12.1 Å².